The molecule has 0 aliphatic carbocycles. The van der Waals surface area contributed by atoms with Gasteiger partial charge in [0.05, 0.1) is 0 Å². The van der Waals surface area contributed by atoms with Crippen LogP contribution in [0.1, 0.15) is 33.7 Å². The second-order valence-corrected chi connectivity index (χ2v) is 7.35. The van der Waals surface area contributed by atoms with Crippen LogP contribution in [0.25, 0.3) is 0 Å². The van der Waals surface area contributed by atoms with Crippen molar-refractivity contribution in [3.05, 3.63) is 83.2 Å². The molecule has 6 heteroatoms. The molecule has 3 aromatic rings. The van der Waals surface area contributed by atoms with E-state index in [1.807, 2.05) is 42.5 Å². The zero-order valence-corrected chi connectivity index (χ0v) is 16.4. The summed E-state index contributed by atoms with van der Waals surface area (Å²) in [4.78, 5) is 27.1. The molecule has 0 saturated carbocycles. The van der Waals surface area contributed by atoms with E-state index in [1.165, 1.54) is 5.56 Å². The number of nitrogens with zero attached hydrogens (tertiary/aromatic N) is 2. The number of para-hydroxylation sites is 1. The van der Waals surface area contributed by atoms with Crippen molar-refractivity contribution in [2.24, 2.45) is 0 Å². The highest BCUT2D eigenvalue weighted by Crippen LogP contribution is 2.25. The van der Waals surface area contributed by atoms with Crippen LogP contribution in [0, 0.1) is 0 Å². The Balaban J connectivity index is 1.39. The molecule has 6 nitrogen and oxygen atoms in total. The molecule has 0 saturated heterocycles. The van der Waals surface area contributed by atoms with Gasteiger partial charge in [-0.15, -0.1) is 0 Å². The van der Waals surface area contributed by atoms with Gasteiger partial charge in [0, 0.05) is 18.4 Å². The maximum Gasteiger partial charge on any atom is 0.272 e. The summed E-state index contributed by atoms with van der Waals surface area (Å²) >= 11 is 0. The van der Waals surface area contributed by atoms with Crippen molar-refractivity contribution in [2.45, 2.75) is 31.7 Å². The molecular weight excluding hydrogens is 364 g/mol. The van der Waals surface area contributed by atoms with E-state index >= 15 is 0 Å². The average molecular weight is 388 g/mol. The molecule has 1 atom stereocenters. The number of anilines is 1. The molecule has 29 heavy (non-hydrogen) atoms. The Morgan fingerprint density at radius 2 is 1.90 bits per heavy atom. The standard InChI is InChI=1S/C23H24N4O2/c1-27-21-10-6-5-9-17(21)12-14-19(23(27)29)24-22(28)20-15-18(25-26-20)13-11-16-7-3-2-4-8-16/h2-10,15,19H,11-14H2,1H3,(H,24,28)(H,25,26)/t19-/m0/s1. The zero-order valence-electron chi connectivity index (χ0n) is 16.4. The third kappa shape index (κ3) is 4.21. The fourth-order valence-corrected chi connectivity index (χ4v) is 3.72. The first-order valence-corrected chi connectivity index (χ1v) is 9.86. The Morgan fingerprint density at radius 1 is 1.14 bits per heavy atom. The van der Waals surface area contributed by atoms with Crippen molar-refractivity contribution in [1.82, 2.24) is 15.5 Å². The number of hydrogen-bond donors (Lipinski definition) is 2. The molecule has 1 aromatic heterocycles. The van der Waals surface area contributed by atoms with Crippen LogP contribution >= 0.6 is 0 Å². The summed E-state index contributed by atoms with van der Waals surface area (Å²) < 4.78 is 0. The maximum atomic E-state index is 12.8. The molecule has 2 amide bonds. The van der Waals surface area contributed by atoms with Crippen LogP contribution in [0.3, 0.4) is 0 Å². The van der Waals surface area contributed by atoms with E-state index in [2.05, 4.69) is 27.6 Å². The topological polar surface area (TPSA) is 78.1 Å². The second-order valence-electron chi connectivity index (χ2n) is 7.35. The van der Waals surface area contributed by atoms with Gasteiger partial charge in [0.2, 0.25) is 5.91 Å². The minimum atomic E-state index is -0.565. The zero-order chi connectivity index (χ0) is 20.2. The van der Waals surface area contributed by atoms with Gasteiger partial charge in [0.1, 0.15) is 11.7 Å². The number of carbonyl (C=O) groups is 2. The normalized spacial score (nSPS) is 16.2. The van der Waals surface area contributed by atoms with Crippen LogP contribution in [0.5, 0.6) is 0 Å². The summed E-state index contributed by atoms with van der Waals surface area (Å²) in [6.07, 6.45) is 2.94. The number of aromatic amines is 1. The molecule has 2 heterocycles. The third-order valence-corrected chi connectivity index (χ3v) is 5.38. The highest BCUT2D eigenvalue weighted by atomic mass is 16.2. The number of carbonyl (C=O) groups excluding carboxylic acids is 2. The largest absolute Gasteiger partial charge is 0.339 e. The van der Waals surface area contributed by atoms with Crippen molar-refractivity contribution < 1.29 is 9.59 Å². The Kier molecular flexibility index (Phi) is 5.42. The monoisotopic (exact) mass is 388 g/mol. The predicted molar refractivity (Wildman–Crippen MR) is 112 cm³/mol. The highest BCUT2D eigenvalue weighted by Gasteiger charge is 2.29. The Labute approximate surface area is 169 Å². The first-order chi connectivity index (χ1) is 14.1. The molecule has 1 aliphatic rings. The fourth-order valence-electron chi connectivity index (χ4n) is 3.72. The number of likely N-dealkylation sites (N-methyl/N-ethyl adjacent to an activating group) is 1. The van der Waals surface area contributed by atoms with Crippen LogP contribution in [0.15, 0.2) is 60.7 Å². The average Bonchev–Trinajstić information content (AvgIpc) is 3.20. The quantitative estimate of drug-likeness (QED) is 0.705. The number of aryl methyl sites for hydroxylation is 3. The van der Waals surface area contributed by atoms with Crippen LogP contribution < -0.4 is 10.2 Å². The van der Waals surface area contributed by atoms with E-state index in [9.17, 15) is 9.59 Å². The summed E-state index contributed by atoms with van der Waals surface area (Å²) in [5.74, 6) is -0.437. The predicted octanol–water partition coefficient (Wildman–Crippen LogP) is 2.90. The fraction of sp³-hybridized carbons (Fsp3) is 0.261. The van der Waals surface area contributed by atoms with Gasteiger partial charge in [-0.05, 0) is 48.9 Å². The number of nitrogens with one attached hydrogen (secondary N) is 2. The molecule has 0 radical (unpaired) electrons. The minimum absolute atomic E-state index is 0.108. The summed E-state index contributed by atoms with van der Waals surface area (Å²) in [7, 11) is 1.75. The number of hydrogen-bond acceptors (Lipinski definition) is 3. The number of rotatable bonds is 5. The summed E-state index contributed by atoms with van der Waals surface area (Å²) in [5, 5.41) is 9.94. The van der Waals surface area contributed by atoms with Gasteiger partial charge >= 0.3 is 0 Å². The van der Waals surface area contributed by atoms with Gasteiger partial charge in [-0.3, -0.25) is 14.7 Å². The summed E-state index contributed by atoms with van der Waals surface area (Å²) in [5.41, 5.74) is 4.46. The van der Waals surface area contributed by atoms with Crippen molar-refractivity contribution >= 4 is 17.5 Å². The lowest BCUT2D eigenvalue weighted by Gasteiger charge is -2.21. The van der Waals surface area contributed by atoms with E-state index in [4.69, 9.17) is 0 Å². The SMILES string of the molecule is CN1C(=O)[C@@H](NC(=O)c2cc(CCc3ccccc3)[nH]n2)CCc2ccccc21. The second kappa shape index (κ2) is 8.31. The van der Waals surface area contributed by atoms with Gasteiger partial charge < -0.3 is 10.2 Å². The van der Waals surface area contributed by atoms with Crippen molar-refractivity contribution in [1.29, 1.82) is 0 Å². The minimum Gasteiger partial charge on any atom is -0.339 e. The number of aromatic nitrogens is 2. The number of benzene rings is 2. The van der Waals surface area contributed by atoms with Crippen LogP contribution in [-0.2, 0) is 24.1 Å². The van der Waals surface area contributed by atoms with Gasteiger partial charge in [0.15, 0.2) is 0 Å². The molecule has 0 unspecified atom stereocenters. The Hall–Kier alpha value is -3.41. The van der Waals surface area contributed by atoms with E-state index in [-0.39, 0.29) is 11.8 Å². The lowest BCUT2D eigenvalue weighted by molar-refractivity contribution is -0.120. The van der Waals surface area contributed by atoms with Gasteiger partial charge in [-0.25, -0.2) is 0 Å². The van der Waals surface area contributed by atoms with Gasteiger partial charge in [-0.1, -0.05) is 48.5 Å². The first kappa shape index (κ1) is 18.9. The number of amides is 2. The van der Waals surface area contributed by atoms with Crippen molar-refractivity contribution in [3.8, 4) is 0 Å². The molecule has 2 N–H and O–H groups in total. The highest BCUT2D eigenvalue weighted by molar-refractivity contribution is 6.02. The van der Waals surface area contributed by atoms with E-state index in [0.717, 1.165) is 36.2 Å². The van der Waals surface area contributed by atoms with Gasteiger partial charge in [-0.2, -0.15) is 5.10 Å². The number of H-pyrrole nitrogens is 1. The molecule has 2 aromatic carbocycles. The third-order valence-electron chi connectivity index (χ3n) is 5.38. The molecule has 0 spiro atoms. The Bertz CT molecular complexity index is 1010. The molecule has 0 fully saturated rings. The molecule has 4 rings (SSSR count). The van der Waals surface area contributed by atoms with E-state index < -0.39 is 6.04 Å². The lowest BCUT2D eigenvalue weighted by Crippen LogP contribution is -2.46. The smallest absolute Gasteiger partial charge is 0.272 e. The molecule has 0 bridgehead atoms. The van der Waals surface area contributed by atoms with Crippen molar-refractivity contribution in [3.63, 3.8) is 0 Å². The number of fused-ring (bicyclic) bond motifs is 1. The molecular formula is C23H24N4O2. The molecule has 1 aliphatic heterocycles. The Morgan fingerprint density at radius 3 is 2.72 bits per heavy atom. The lowest BCUT2D eigenvalue weighted by atomic mass is 10.1. The summed E-state index contributed by atoms with van der Waals surface area (Å²) in [6.45, 7) is 0. The molecule has 148 valence electrons. The first-order valence-electron chi connectivity index (χ1n) is 9.86. The van der Waals surface area contributed by atoms with Crippen LogP contribution in [-0.4, -0.2) is 35.1 Å². The van der Waals surface area contributed by atoms with Crippen molar-refractivity contribution in [2.75, 3.05) is 11.9 Å². The van der Waals surface area contributed by atoms with E-state index in [1.54, 1.807) is 18.0 Å². The van der Waals surface area contributed by atoms with Crippen LogP contribution in [0.4, 0.5) is 5.69 Å². The maximum absolute atomic E-state index is 12.8. The summed E-state index contributed by atoms with van der Waals surface area (Å²) in [6, 6.07) is 19.2. The van der Waals surface area contributed by atoms with Crippen LogP contribution in [0.2, 0.25) is 0 Å². The van der Waals surface area contributed by atoms with E-state index in [0.29, 0.717) is 12.1 Å². The van der Waals surface area contributed by atoms with Gasteiger partial charge in [0.25, 0.3) is 5.91 Å².